The number of sulfonamides is 1. The molecule has 7 nitrogen and oxygen atoms in total. The average molecular weight is 463 g/mol. The van der Waals surface area contributed by atoms with Crippen molar-refractivity contribution in [3.05, 3.63) is 52.6 Å². The summed E-state index contributed by atoms with van der Waals surface area (Å²) in [6.07, 6.45) is 4.54. The Labute approximate surface area is 187 Å². The Kier molecular flexibility index (Phi) is 6.22. The van der Waals surface area contributed by atoms with Crippen LogP contribution < -0.4 is 0 Å². The molecule has 0 atom stereocenters. The van der Waals surface area contributed by atoms with Crippen LogP contribution in [0.4, 0.5) is 4.39 Å². The van der Waals surface area contributed by atoms with Gasteiger partial charge in [-0.15, -0.1) is 0 Å². The smallest absolute Gasteiger partial charge is 0.338 e. The fourth-order valence-corrected chi connectivity index (χ4v) is 5.93. The van der Waals surface area contributed by atoms with Crippen LogP contribution in [-0.2, 0) is 14.8 Å². The lowest BCUT2D eigenvalue weighted by atomic mass is 10.1. The highest BCUT2D eigenvalue weighted by Gasteiger charge is 2.30. The third kappa shape index (κ3) is 4.36. The summed E-state index contributed by atoms with van der Waals surface area (Å²) in [6.45, 7) is 3.99. The Bertz CT molecular complexity index is 1160. The van der Waals surface area contributed by atoms with E-state index in [0.29, 0.717) is 37.5 Å². The molecule has 1 saturated carbocycles. The normalized spacial score (nSPS) is 17.3. The van der Waals surface area contributed by atoms with Gasteiger partial charge in [0.25, 0.3) is 0 Å². The quantitative estimate of drug-likeness (QED) is 0.462. The molecule has 1 aliphatic carbocycles. The highest BCUT2D eigenvalue weighted by molar-refractivity contribution is 7.89. The van der Waals surface area contributed by atoms with Gasteiger partial charge in [0.2, 0.25) is 15.8 Å². The van der Waals surface area contributed by atoms with Gasteiger partial charge < -0.3 is 9.30 Å². The minimum atomic E-state index is -4.05. The molecule has 0 N–H and O–H groups in total. The number of ketones is 1. The number of rotatable bonds is 7. The molecule has 0 radical (unpaired) electrons. The number of hydrogen-bond acceptors (Lipinski definition) is 5. The lowest BCUT2D eigenvalue weighted by Crippen LogP contribution is -2.36. The van der Waals surface area contributed by atoms with Crippen LogP contribution in [0.1, 0.15) is 70.2 Å². The monoisotopic (exact) mass is 462 g/mol. The van der Waals surface area contributed by atoms with Crippen LogP contribution in [0.3, 0.4) is 0 Å². The van der Waals surface area contributed by atoms with Crippen molar-refractivity contribution < 1.29 is 27.1 Å². The van der Waals surface area contributed by atoms with Crippen LogP contribution in [0, 0.1) is 19.7 Å². The van der Waals surface area contributed by atoms with Gasteiger partial charge in [0.05, 0.1) is 5.56 Å². The number of piperidine rings is 1. The standard InChI is InChI=1S/C23H27FN2O5S/c1-15-12-19(16(2)26(15)18-7-8-18)21(27)14-31-23(28)17-6-9-20(24)22(13-17)32(29,30)25-10-4-3-5-11-25/h6,9,12-13,18H,3-5,7-8,10-11,14H2,1-2H3. The first-order valence-corrected chi connectivity index (χ1v) is 12.3. The van der Waals surface area contributed by atoms with E-state index in [1.165, 1.54) is 4.31 Å². The first-order valence-electron chi connectivity index (χ1n) is 10.9. The molecule has 1 aliphatic heterocycles. The summed E-state index contributed by atoms with van der Waals surface area (Å²) < 4.78 is 48.6. The molecule has 1 saturated heterocycles. The van der Waals surface area contributed by atoms with Gasteiger partial charge in [-0.3, -0.25) is 4.79 Å². The fraction of sp³-hybridized carbons (Fsp3) is 0.478. The number of aromatic nitrogens is 1. The minimum Gasteiger partial charge on any atom is -0.454 e. The van der Waals surface area contributed by atoms with Crippen LogP contribution in [0.15, 0.2) is 29.2 Å². The Morgan fingerprint density at radius 1 is 1.09 bits per heavy atom. The van der Waals surface area contributed by atoms with E-state index in [1.54, 1.807) is 6.07 Å². The third-order valence-corrected chi connectivity index (χ3v) is 8.04. The number of Topliss-reactive ketones (excluding diaryl/α,β-unsaturated/α-hetero) is 1. The number of esters is 1. The Morgan fingerprint density at radius 3 is 2.44 bits per heavy atom. The van der Waals surface area contributed by atoms with Gasteiger partial charge in [0.15, 0.2) is 6.61 Å². The summed E-state index contributed by atoms with van der Waals surface area (Å²) in [6, 6.07) is 5.32. The van der Waals surface area contributed by atoms with Crippen molar-refractivity contribution in [3.8, 4) is 0 Å². The number of nitrogens with zero attached hydrogens (tertiary/aromatic N) is 2. The highest BCUT2D eigenvalue weighted by Crippen LogP contribution is 2.38. The molecular formula is C23H27FN2O5S. The van der Waals surface area contributed by atoms with Gasteiger partial charge in [-0.25, -0.2) is 17.6 Å². The molecule has 0 amide bonds. The van der Waals surface area contributed by atoms with Crippen LogP contribution in [0.2, 0.25) is 0 Å². The first-order chi connectivity index (χ1) is 15.2. The van der Waals surface area contributed by atoms with Crippen LogP contribution in [0.5, 0.6) is 0 Å². The summed E-state index contributed by atoms with van der Waals surface area (Å²) >= 11 is 0. The van der Waals surface area contributed by atoms with Crippen LogP contribution in [0.25, 0.3) is 0 Å². The number of benzene rings is 1. The van der Waals surface area contributed by atoms with Crippen molar-refractivity contribution in [1.82, 2.24) is 8.87 Å². The molecule has 172 valence electrons. The second-order valence-corrected chi connectivity index (χ2v) is 10.4. The second kappa shape index (κ2) is 8.78. The molecule has 9 heteroatoms. The van der Waals surface area contributed by atoms with Gasteiger partial charge in [0.1, 0.15) is 10.7 Å². The Balaban J connectivity index is 1.48. The molecule has 2 heterocycles. The second-order valence-electron chi connectivity index (χ2n) is 8.50. The molecular weight excluding hydrogens is 435 g/mol. The van der Waals surface area contributed by atoms with Crippen molar-refractivity contribution in [2.75, 3.05) is 19.7 Å². The van der Waals surface area contributed by atoms with E-state index in [-0.39, 0.29) is 11.3 Å². The maximum absolute atomic E-state index is 14.4. The van der Waals surface area contributed by atoms with E-state index in [9.17, 15) is 22.4 Å². The molecule has 0 bridgehead atoms. The summed E-state index contributed by atoms with van der Waals surface area (Å²) in [4.78, 5) is 24.6. The molecule has 2 fully saturated rings. The zero-order chi connectivity index (χ0) is 23.0. The van der Waals surface area contributed by atoms with Crippen LogP contribution >= 0.6 is 0 Å². The number of hydrogen-bond donors (Lipinski definition) is 0. The molecule has 4 rings (SSSR count). The van der Waals surface area contributed by atoms with E-state index in [2.05, 4.69) is 4.57 Å². The lowest BCUT2D eigenvalue weighted by molar-refractivity contribution is 0.0474. The van der Waals surface area contributed by atoms with Gasteiger partial charge in [-0.1, -0.05) is 6.42 Å². The summed E-state index contributed by atoms with van der Waals surface area (Å²) in [5.74, 6) is -2.12. The maximum atomic E-state index is 14.4. The molecule has 1 aromatic carbocycles. The minimum absolute atomic E-state index is 0.113. The summed E-state index contributed by atoms with van der Waals surface area (Å²) in [5, 5.41) is 0. The Hall–Kier alpha value is -2.52. The van der Waals surface area contributed by atoms with E-state index >= 15 is 0 Å². The van der Waals surface area contributed by atoms with Gasteiger partial charge >= 0.3 is 5.97 Å². The van der Waals surface area contributed by atoms with Gasteiger partial charge in [-0.05, 0) is 63.8 Å². The molecule has 32 heavy (non-hydrogen) atoms. The highest BCUT2D eigenvalue weighted by atomic mass is 32.2. The topological polar surface area (TPSA) is 85.7 Å². The van der Waals surface area contributed by atoms with Crippen molar-refractivity contribution in [3.63, 3.8) is 0 Å². The van der Waals surface area contributed by atoms with E-state index in [0.717, 1.165) is 48.8 Å². The van der Waals surface area contributed by atoms with Crippen molar-refractivity contribution in [2.24, 2.45) is 0 Å². The molecule has 2 aromatic rings. The van der Waals surface area contributed by atoms with E-state index < -0.39 is 33.3 Å². The molecule has 0 spiro atoms. The fourth-order valence-electron chi connectivity index (χ4n) is 4.32. The van der Waals surface area contributed by atoms with Gasteiger partial charge in [0, 0.05) is 36.1 Å². The number of ether oxygens (including phenoxy) is 1. The maximum Gasteiger partial charge on any atom is 0.338 e. The molecule has 2 aliphatic rings. The largest absolute Gasteiger partial charge is 0.454 e. The van der Waals surface area contributed by atoms with Crippen molar-refractivity contribution in [1.29, 1.82) is 0 Å². The number of carbonyl (C=O) groups is 2. The predicted molar refractivity (Wildman–Crippen MR) is 116 cm³/mol. The van der Waals surface area contributed by atoms with E-state index in [4.69, 9.17) is 4.74 Å². The number of aryl methyl sites for hydroxylation is 1. The molecule has 1 aromatic heterocycles. The zero-order valence-electron chi connectivity index (χ0n) is 18.3. The first kappa shape index (κ1) is 22.7. The number of carbonyl (C=O) groups excluding carboxylic acids is 2. The van der Waals surface area contributed by atoms with Crippen molar-refractivity contribution in [2.45, 2.75) is 56.9 Å². The SMILES string of the molecule is Cc1cc(C(=O)COC(=O)c2ccc(F)c(S(=O)(=O)N3CCCCC3)c2)c(C)n1C1CC1. The zero-order valence-corrected chi connectivity index (χ0v) is 19.1. The van der Waals surface area contributed by atoms with Crippen LogP contribution in [-0.4, -0.2) is 48.7 Å². The summed E-state index contributed by atoms with van der Waals surface area (Å²) in [7, 11) is -4.05. The summed E-state index contributed by atoms with van der Waals surface area (Å²) in [5.41, 5.74) is 2.24. The Morgan fingerprint density at radius 2 is 1.78 bits per heavy atom. The predicted octanol–water partition coefficient (Wildman–Crippen LogP) is 3.79. The average Bonchev–Trinajstić information content (AvgIpc) is 3.56. The van der Waals surface area contributed by atoms with E-state index in [1.807, 2.05) is 13.8 Å². The molecule has 0 unspecified atom stereocenters. The number of halogens is 1. The third-order valence-electron chi connectivity index (χ3n) is 6.13. The lowest BCUT2D eigenvalue weighted by Gasteiger charge is -2.26. The van der Waals surface area contributed by atoms with Crippen molar-refractivity contribution >= 4 is 21.8 Å². The van der Waals surface area contributed by atoms with Gasteiger partial charge in [-0.2, -0.15) is 4.31 Å².